The van der Waals surface area contributed by atoms with Crippen LogP contribution in [0.15, 0.2) is 60.7 Å². The number of carbonyl (C=O) groups excluding carboxylic acids is 1. The van der Waals surface area contributed by atoms with E-state index in [0.29, 0.717) is 5.78 Å². The van der Waals surface area contributed by atoms with Crippen LogP contribution in [-0.4, -0.2) is 5.78 Å². The first-order valence-electron chi connectivity index (χ1n) is 8.74. The van der Waals surface area contributed by atoms with E-state index in [1.54, 1.807) is 0 Å². The zero-order chi connectivity index (χ0) is 15.9. The molecule has 0 amide bonds. The highest BCUT2D eigenvalue weighted by Crippen LogP contribution is 2.33. The second-order valence-electron chi connectivity index (χ2n) is 6.42. The molecular formula is C21H25NO. The van der Waals surface area contributed by atoms with Crippen LogP contribution in [0.25, 0.3) is 0 Å². The fraction of sp³-hybridized carbons (Fsp3) is 0.381. The van der Waals surface area contributed by atoms with Crippen molar-refractivity contribution in [3.8, 4) is 0 Å². The third-order valence-electron chi connectivity index (χ3n) is 4.76. The van der Waals surface area contributed by atoms with Gasteiger partial charge in [-0.2, -0.15) is 0 Å². The van der Waals surface area contributed by atoms with Crippen LogP contribution >= 0.6 is 0 Å². The van der Waals surface area contributed by atoms with Gasteiger partial charge >= 0.3 is 0 Å². The largest absolute Gasteiger partial charge is 0.378 e. The van der Waals surface area contributed by atoms with Gasteiger partial charge in [0, 0.05) is 18.0 Å². The summed E-state index contributed by atoms with van der Waals surface area (Å²) in [5.74, 6) is 0.486. The Kier molecular flexibility index (Phi) is 5.46. The van der Waals surface area contributed by atoms with Gasteiger partial charge in [-0.1, -0.05) is 67.8 Å². The summed E-state index contributed by atoms with van der Waals surface area (Å²) in [5.41, 5.74) is 2.28. The molecule has 0 saturated heterocycles. The molecule has 2 nitrogen and oxygen atoms in total. The van der Waals surface area contributed by atoms with E-state index < -0.39 is 0 Å². The van der Waals surface area contributed by atoms with E-state index in [2.05, 4.69) is 41.7 Å². The van der Waals surface area contributed by atoms with Gasteiger partial charge in [0.25, 0.3) is 0 Å². The van der Waals surface area contributed by atoms with Crippen LogP contribution in [0.2, 0.25) is 0 Å². The number of nitrogens with one attached hydrogen (secondary N) is 1. The standard InChI is InChI=1S/C21H25NO/c23-20-16-10-2-1-9-15-19(20)21(17-11-5-3-6-12-17)22-18-13-7-4-8-14-18/h3-8,11-14,19,21-22H,1-2,9-10,15-16H2/t19-,21+/m1/s1. The van der Waals surface area contributed by atoms with Crippen molar-refractivity contribution in [3.05, 3.63) is 66.2 Å². The average molecular weight is 307 g/mol. The third-order valence-corrected chi connectivity index (χ3v) is 4.76. The van der Waals surface area contributed by atoms with Gasteiger partial charge in [-0.05, 0) is 30.5 Å². The van der Waals surface area contributed by atoms with Crippen molar-refractivity contribution < 1.29 is 4.79 Å². The SMILES string of the molecule is O=C1CCCCCC[C@H]1[C@@H](Nc1ccccc1)c1ccccc1. The Morgan fingerprint density at radius 2 is 1.48 bits per heavy atom. The molecule has 0 unspecified atom stereocenters. The molecule has 0 spiro atoms. The van der Waals surface area contributed by atoms with E-state index in [4.69, 9.17) is 0 Å². The van der Waals surface area contributed by atoms with Crippen molar-refractivity contribution in [1.29, 1.82) is 0 Å². The first-order chi connectivity index (χ1) is 11.3. The third kappa shape index (κ3) is 4.22. The predicted octanol–water partition coefficient (Wildman–Crippen LogP) is 5.38. The minimum atomic E-state index is 0.0594. The zero-order valence-electron chi connectivity index (χ0n) is 13.6. The van der Waals surface area contributed by atoms with Crippen molar-refractivity contribution in [2.24, 2.45) is 5.92 Å². The van der Waals surface area contributed by atoms with E-state index in [-0.39, 0.29) is 12.0 Å². The molecule has 2 atom stereocenters. The van der Waals surface area contributed by atoms with Gasteiger partial charge in [0.05, 0.1) is 6.04 Å². The van der Waals surface area contributed by atoms with Crippen LogP contribution in [0.3, 0.4) is 0 Å². The molecular weight excluding hydrogens is 282 g/mol. The Hall–Kier alpha value is -2.09. The lowest BCUT2D eigenvalue weighted by atomic mass is 9.82. The summed E-state index contributed by atoms with van der Waals surface area (Å²) in [6.45, 7) is 0. The molecule has 1 aliphatic rings. The summed E-state index contributed by atoms with van der Waals surface area (Å²) in [5, 5.41) is 3.62. The van der Waals surface area contributed by atoms with Gasteiger partial charge in [-0.15, -0.1) is 0 Å². The fourth-order valence-electron chi connectivity index (χ4n) is 3.51. The van der Waals surface area contributed by atoms with Crippen molar-refractivity contribution in [1.82, 2.24) is 0 Å². The molecule has 2 aromatic carbocycles. The quantitative estimate of drug-likeness (QED) is 0.821. The molecule has 0 heterocycles. The summed E-state index contributed by atoms with van der Waals surface area (Å²) < 4.78 is 0. The number of para-hydroxylation sites is 1. The van der Waals surface area contributed by atoms with Crippen molar-refractivity contribution >= 4 is 11.5 Å². The normalized spacial score (nSPS) is 20.3. The van der Waals surface area contributed by atoms with Gasteiger partial charge in [-0.3, -0.25) is 4.79 Å². The fourth-order valence-corrected chi connectivity index (χ4v) is 3.51. The molecule has 0 bridgehead atoms. The van der Waals surface area contributed by atoms with Gasteiger partial charge in [0.1, 0.15) is 5.78 Å². The molecule has 1 N–H and O–H groups in total. The summed E-state index contributed by atoms with van der Waals surface area (Å²) in [6, 6.07) is 20.7. The number of carbonyl (C=O) groups is 1. The number of Topliss-reactive ketones (excluding diaryl/α,β-unsaturated/α-hetero) is 1. The van der Waals surface area contributed by atoms with Crippen LogP contribution in [-0.2, 0) is 4.79 Å². The van der Waals surface area contributed by atoms with E-state index in [1.165, 1.54) is 18.4 Å². The molecule has 1 fully saturated rings. The molecule has 2 heteroatoms. The highest BCUT2D eigenvalue weighted by molar-refractivity contribution is 5.82. The Bertz CT molecular complexity index is 608. The maximum Gasteiger partial charge on any atom is 0.138 e. The average Bonchev–Trinajstić information content (AvgIpc) is 2.59. The topological polar surface area (TPSA) is 29.1 Å². The van der Waals surface area contributed by atoms with E-state index >= 15 is 0 Å². The van der Waals surface area contributed by atoms with E-state index in [1.807, 2.05) is 24.3 Å². The maximum absolute atomic E-state index is 12.7. The Labute approximate surface area is 138 Å². The van der Waals surface area contributed by atoms with Crippen LogP contribution in [0, 0.1) is 5.92 Å². The molecule has 0 aromatic heterocycles. The van der Waals surface area contributed by atoms with Gasteiger partial charge in [0.2, 0.25) is 0 Å². The van der Waals surface area contributed by atoms with E-state index in [9.17, 15) is 4.79 Å². The molecule has 1 saturated carbocycles. The Morgan fingerprint density at radius 1 is 0.826 bits per heavy atom. The molecule has 120 valence electrons. The van der Waals surface area contributed by atoms with Crippen molar-refractivity contribution in [2.45, 2.75) is 44.6 Å². The van der Waals surface area contributed by atoms with Crippen LogP contribution in [0.4, 0.5) is 5.69 Å². The summed E-state index contributed by atoms with van der Waals surface area (Å²) >= 11 is 0. The number of benzene rings is 2. The molecule has 1 aliphatic carbocycles. The summed E-state index contributed by atoms with van der Waals surface area (Å²) in [7, 11) is 0. The second-order valence-corrected chi connectivity index (χ2v) is 6.42. The lowest BCUT2D eigenvalue weighted by molar-refractivity contribution is -0.124. The summed E-state index contributed by atoms with van der Waals surface area (Å²) in [6.07, 6.45) is 6.35. The van der Waals surface area contributed by atoms with Crippen LogP contribution in [0.1, 0.15) is 50.1 Å². The number of anilines is 1. The lowest BCUT2D eigenvalue weighted by Gasteiger charge is -2.30. The second kappa shape index (κ2) is 7.96. The molecule has 3 rings (SSSR count). The lowest BCUT2D eigenvalue weighted by Crippen LogP contribution is -2.28. The zero-order valence-corrected chi connectivity index (χ0v) is 13.6. The monoisotopic (exact) mass is 307 g/mol. The number of hydrogen-bond donors (Lipinski definition) is 1. The number of rotatable bonds is 4. The highest BCUT2D eigenvalue weighted by atomic mass is 16.1. The Balaban J connectivity index is 1.88. The Morgan fingerprint density at radius 3 is 2.22 bits per heavy atom. The van der Waals surface area contributed by atoms with Crippen molar-refractivity contribution in [2.75, 3.05) is 5.32 Å². The van der Waals surface area contributed by atoms with Gasteiger partial charge < -0.3 is 5.32 Å². The molecule has 23 heavy (non-hydrogen) atoms. The van der Waals surface area contributed by atoms with Gasteiger partial charge in [-0.25, -0.2) is 0 Å². The highest BCUT2D eigenvalue weighted by Gasteiger charge is 2.29. The first-order valence-corrected chi connectivity index (χ1v) is 8.74. The van der Waals surface area contributed by atoms with Crippen molar-refractivity contribution in [3.63, 3.8) is 0 Å². The van der Waals surface area contributed by atoms with Crippen LogP contribution in [0.5, 0.6) is 0 Å². The maximum atomic E-state index is 12.7. The minimum Gasteiger partial charge on any atom is -0.378 e. The first kappa shape index (κ1) is 15.8. The number of hydrogen-bond acceptors (Lipinski definition) is 2. The van der Waals surface area contributed by atoms with E-state index in [0.717, 1.165) is 31.4 Å². The molecule has 0 aliphatic heterocycles. The van der Waals surface area contributed by atoms with Gasteiger partial charge in [0.15, 0.2) is 0 Å². The summed E-state index contributed by atoms with van der Waals surface area (Å²) in [4.78, 5) is 12.7. The predicted molar refractivity (Wildman–Crippen MR) is 95.4 cm³/mol. The molecule has 0 radical (unpaired) electrons. The van der Waals surface area contributed by atoms with Crippen LogP contribution < -0.4 is 5.32 Å². The number of ketones is 1. The smallest absolute Gasteiger partial charge is 0.138 e. The minimum absolute atomic E-state index is 0.0594. The molecule has 2 aromatic rings.